The van der Waals surface area contributed by atoms with Crippen molar-refractivity contribution in [3.05, 3.63) is 44.8 Å². The molecule has 2 amide bonds. The fourth-order valence-corrected chi connectivity index (χ4v) is 2.32. The van der Waals surface area contributed by atoms with Crippen LogP contribution >= 0.6 is 22.7 Å². The van der Waals surface area contributed by atoms with Gasteiger partial charge in [0.2, 0.25) is 0 Å². The Hall–Kier alpha value is -1.66. The van der Waals surface area contributed by atoms with Crippen molar-refractivity contribution in [2.45, 2.75) is 0 Å². The lowest BCUT2D eigenvalue weighted by molar-refractivity contribution is 0.0847. The fourth-order valence-electron chi connectivity index (χ4n) is 1.05. The minimum absolute atomic E-state index is 0.315. The first-order valence-electron chi connectivity index (χ1n) is 4.42. The lowest BCUT2D eigenvalue weighted by Gasteiger charge is -2.04. The Balaban J connectivity index is 1.89. The second kappa shape index (κ2) is 4.91. The van der Waals surface area contributed by atoms with E-state index in [4.69, 9.17) is 0 Å². The van der Waals surface area contributed by atoms with Crippen LogP contribution in [0.1, 0.15) is 20.7 Å². The number of hydrogen-bond acceptors (Lipinski definition) is 4. The largest absolute Gasteiger partial charge is 0.270 e. The molecular formula is C10H8N2O2S2. The molecule has 0 aliphatic rings. The van der Waals surface area contributed by atoms with Gasteiger partial charge in [0.1, 0.15) is 0 Å². The van der Waals surface area contributed by atoms with Crippen LogP contribution in [-0.2, 0) is 0 Å². The van der Waals surface area contributed by atoms with E-state index in [0.29, 0.717) is 11.1 Å². The highest BCUT2D eigenvalue weighted by Gasteiger charge is 2.08. The van der Waals surface area contributed by atoms with Crippen molar-refractivity contribution in [3.8, 4) is 0 Å². The van der Waals surface area contributed by atoms with Crippen LogP contribution in [0.5, 0.6) is 0 Å². The Morgan fingerprint density at radius 3 is 1.62 bits per heavy atom. The van der Waals surface area contributed by atoms with E-state index < -0.39 is 0 Å². The SMILES string of the molecule is O=C(NNC(=O)c1ccsc1)c1ccsc1. The van der Waals surface area contributed by atoms with Gasteiger partial charge in [-0.2, -0.15) is 22.7 Å². The number of amides is 2. The summed E-state index contributed by atoms with van der Waals surface area (Å²) in [5.41, 5.74) is 5.77. The third-order valence-electron chi connectivity index (χ3n) is 1.86. The first-order chi connectivity index (χ1) is 7.77. The van der Waals surface area contributed by atoms with Crippen LogP contribution in [0, 0.1) is 0 Å². The zero-order valence-electron chi connectivity index (χ0n) is 8.10. The first kappa shape index (κ1) is 10.8. The number of thiophene rings is 2. The van der Waals surface area contributed by atoms with Crippen LogP contribution in [0.2, 0.25) is 0 Å². The summed E-state index contributed by atoms with van der Waals surface area (Å²) in [6, 6.07) is 3.38. The molecule has 0 aromatic carbocycles. The second-order valence-corrected chi connectivity index (χ2v) is 4.49. The minimum Gasteiger partial charge on any atom is -0.267 e. The van der Waals surface area contributed by atoms with E-state index in [-0.39, 0.29) is 11.8 Å². The van der Waals surface area contributed by atoms with Crippen molar-refractivity contribution in [3.63, 3.8) is 0 Å². The van der Waals surface area contributed by atoms with E-state index in [1.165, 1.54) is 22.7 Å². The number of nitrogens with one attached hydrogen (secondary N) is 2. The van der Waals surface area contributed by atoms with Crippen LogP contribution in [0.25, 0.3) is 0 Å². The van der Waals surface area contributed by atoms with Crippen LogP contribution in [0.15, 0.2) is 33.7 Å². The van der Waals surface area contributed by atoms with Gasteiger partial charge in [-0.25, -0.2) is 0 Å². The smallest absolute Gasteiger partial charge is 0.267 e. The van der Waals surface area contributed by atoms with Gasteiger partial charge in [0.05, 0.1) is 11.1 Å². The summed E-state index contributed by atoms with van der Waals surface area (Å²) in [5, 5.41) is 7.03. The van der Waals surface area contributed by atoms with Crippen LogP contribution in [-0.4, -0.2) is 11.8 Å². The summed E-state index contributed by atoms with van der Waals surface area (Å²) in [6.45, 7) is 0. The van der Waals surface area contributed by atoms with Crippen molar-refractivity contribution in [1.82, 2.24) is 10.9 Å². The predicted molar refractivity (Wildman–Crippen MR) is 63.6 cm³/mol. The predicted octanol–water partition coefficient (Wildman–Crippen LogP) is 1.88. The molecule has 2 aromatic heterocycles. The standard InChI is InChI=1S/C10H8N2O2S2/c13-9(7-1-3-15-5-7)11-12-10(14)8-2-4-16-6-8/h1-6H,(H,11,13)(H,12,14). The van der Waals surface area contributed by atoms with Crippen molar-refractivity contribution in [1.29, 1.82) is 0 Å². The monoisotopic (exact) mass is 252 g/mol. The lowest BCUT2D eigenvalue weighted by Crippen LogP contribution is -2.41. The molecule has 82 valence electrons. The molecule has 0 saturated carbocycles. The zero-order valence-corrected chi connectivity index (χ0v) is 9.73. The molecule has 2 N–H and O–H groups in total. The van der Waals surface area contributed by atoms with Gasteiger partial charge in [-0.1, -0.05) is 0 Å². The van der Waals surface area contributed by atoms with Gasteiger partial charge in [-0.15, -0.1) is 0 Å². The number of hydrazine groups is 1. The molecule has 0 aliphatic heterocycles. The average Bonchev–Trinajstić information content (AvgIpc) is 2.95. The number of hydrogen-bond donors (Lipinski definition) is 2. The molecule has 0 fully saturated rings. The quantitative estimate of drug-likeness (QED) is 0.802. The molecular weight excluding hydrogens is 244 g/mol. The van der Waals surface area contributed by atoms with Crippen molar-refractivity contribution in [2.24, 2.45) is 0 Å². The Morgan fingerprint density at radius 1 is 0.875 bits per heavy atom. The zero-order chi connectivity index (χ0) is 11.4. The Kier molecular flexibility index (Phi) is 3.33. The highest BCUT2D eigenvalue weighted by atomic mass is 32.1. The van der Waals surface area contributed by atoms with E-state index in [1.807, 2.05) is 0 Å². The molecule has 0 bridgehead atoms. The van der Waals surface area contributed by atoms with Gasteiger partial charge in [0.25, 0.3) is 11.8 Å². The summed E-state index contributed by atoms with van der Waals surface area (Å²) in [7, 11) is 0. The maximum Gasteiger partial charge on any atom is 0.270 e. The van der Waals surface area contributed by atoms with E-state index in [9.17, 15) is 9.59 Å². The molecule has 6 heteroatoms. The molecule has 0 saturated heterocycles. The average molecular weight is 252 g/mol. The Morgan fingerprint density at radius 2 is 1.31 bits per heavy atom. The van der Waals surface area contributed by atoms with Crippen molar-refractivity contribution < 1.29 is 9.59 Å². The van der Waals surface area contributed by atoms with E-state index >= 15 is 0 Å². The van der Waals surface area contributed by atoms with Gasteiger partial charge in [0.15, 0.2) is 0 Å². The molecule has 0 atom stereocenters. The highest BCUT2D eigenvalue weighted by molar-refractivity contribution is 7.08. The van der Waals surface area contributed by atoms with Gasteiger partial charge in [-0.05, 0) is 22.9 Å². The fraction of sp³-hybridized carbons (Fsp3) is 0. The molecule has 0 radical (unpaired) electrons. The summed E-state index contributed by atoms with van der Waals surface area (Å²) >= 11 is 2.86. The molecule has 0 unspecified atom stereocenters. The molecule has 16 heavy (non-hydrogen) atoms. The topological polar surface area (TPSA) is 58.2 Å². The molecule has 4 nitrogen and oxygen atoms in total. The molecule has 2 aromatic rings. The first-order valence-corrected chi connectivity index (χ1v) is 6.31. The summed E-state index contributed by atoms with van der Waals surface area (Å²) in [6.07, 6.45) is 0. The van der Waals surface area contributed by atoms with Crippen molar-refractivity contribution in [2.75, 3.05) is 0 Å². The van der Waals surface area contributed by atoms with E-state index in [1.54, 1.807) is 33.7 Å². The van der Waals surface area contributed by atoms with Crippen LogP contribution in [0.4, 0.5) is 0 Å². The Bertz CT molecular complexity index is 431. The number of carbonyl (C=O) groups is 2. The van der Waals surface area contributed by atoms with Gasteiger partial charge >= 0.3 is 0 Å². The van der Waals surface area contributed by atoms with Crippen LogP contribution < -0.4 is 10.9 Å². The molecule has 2 heterocycles. The summed E-state index contributed by atoms with van der Waals surface area (Å²) in [5.74, 6) is -0.630. The summed E-state index contributed by atoms with van der Waals surface area (Å²) < 4.78 is 0. The third kappa shape index (κ3) is 2.47. The maximum atomic E-state index is 11.5. The maximum absolute atomic E-state index is 11.5. The van der Waals surface area contributed by atoms with Gasteiger partial charge in [0, 0.05) is 10.8 Å². The minimum atomic E-state index is -0.315. The van der Waals surface area contributed by atoms with Crippen molar-refractivity contribution >= 4 is 34.5 Å². The second-order valence-electron chi connectivity index (χ2n) is 2.93. The third-order valence-corrected chi connectivity index (χ3v) is 3.22. The highest BCUT2D eigenvalue weighted by Crippen LogP contribution is 2.06. The summed E-state index contributed by atoms with van der Waals surface area (Å²) in [4.78, 5) is 22.9. The Labute approximate surface area is 99.9 Å². The normalized spacial score (nSPS) is 9.75. The molecule has 0 spiro atoms. The van der Waals surface area contributed by atoms with Gasteiger partial charge in [-0.3, -0.25) is 20.4 Å². The number of carbonyl (C=O) groups excluding carboxylic acids is 2. The molecule has 2 rings (SSSR count). The lowest BCUT2D eigenvalue weighted by atomic mass is 10.3. The van der Waals surface area contributed by atoms with Gasteiger partial charge < -0.3 is 0 Å². The molecule has 0 aliphatic carbocycles. The number of rotatable bonds is 2. The van der Waals surface area contributed by atoms with Crippen LogP contribution in [0.3, 0.4) is 0 Å². The van der Waals surface area contributed by atoms with E-state index in [0.717, 1.165) is 0 Å². The van der Waals surface area contributed by atoms with E-state index in [2.05, 4.69) is 10.9 Å².